The summed E-state index contributed by atoms with van der Waals surface area (Å²) in [4.78, 5) is 12.6. The van der Waals surface area contributed by atoms with Crippen LogP contribution < -0.4 is 10.9 Å². The molecule has 0 aliphatic rings. The fraction of sp³-hybridized carbons (Fsp3) is 0.706. The van der Waals surface area contributed by atoms with Crippen molar-refractivity contribution >= 4 is 0 Å². The maximum absolute atomic E-state index is 12.6. The highest BCUT2D eigenvalue weighted by Crippen LogP contribution is 2.08. The lowest BCUT2D eigenvalue weighted by Gasteiger charge is -2.15. The van der Waals surface area contributed by atoms with E-state index in [1.54, 1.807) is 0 Å². The Morgan fingerprint density at radius 1 is 1.10 bits per heavy atom. The average molecular weight is 278 g/mol. The predicted molar refractivity (Wildman–Crippen MR) is 86.3 cm³/mol. The zero-order chi connectivity index (χ0) is 15.0. The summed E-state index contributed by atoms with van der Waals surface area (Å²) in [6.07, 6.45) is 5.80. The summed E-state index contributed by atoms with van der Waals surface area (Å²) < 4.78 is 1.94. The van der Waals surface area contributed by atoms with Gasteiger partial charge in [0.2, 0.25) is 0 Å². The van der Waals surface area contributed by atoms with Crippen molar-refractivity contribution in [3.63, 3.8) is 0 Å². The standard InChI is InChI=1S/C17H30N2O/c1-5-7-9-11-19-15(4)12-14(3)16(17(19)20)13-18-10-8-6-2/h12,18H,5-11,13H2,1-4H3. The Labute approximate surface area is 123 Å². The van der Waals surface area contributed by atoms with Gasteiger partial charge < -0.3 is 9.88 Å². The third-order valence-corrected chi connectivity index (χ3v) is 3.82. The highest BCUT2D eigenvalue weighted by molar-refractivity contribution is 5.26. The van der Waals surface area contributed by atoms with Crippen molar-refractivity contribution in [2.45, 2.75) is 72.9 Å². The van der Waals surface area contributed by atoms with E-state index in [4.69, 9.17) is 0 Å². The van der Waals surface area contributed by atoms with E-state index in [9.17, 15) is 4.79 Å². The smallest absolute Gasteiger partial charge is 0.255 e. The second-order valence-electron chi connectivity index (χ2n) is 5.64. The maximum Gasteiger partial charge on any atom is 0.255 e. The highest BCUT2D eigenvalue weighted by atomic mass is 16.1. The van der Waals surface area contributed by atoms with Crippen LogP contribution in [-0.4, -0.2) is 11.1 Å². The monoisotopic (exact) mass is 278 g/mol. The molecule has 0 atom stereocenters. The molecule has 0 saturated carbocycles. The minimum atomic E-state index is 0.197. The van der Waals surface area contributed by atoms with Gasteiger partial charge in [-0.3, -0.25) is 4.79 Å². The summed E-state index contributed by atoms with van der Waals surface area (Å²) in [6, 6.07) is 2.14. The summed E-state index contributed by atoms with van der Waals surface area (Å²) in [6.45, 7) is 11.0. The van der Waals surface area contributed by atoms with E-state index < -0.39 is 0 Å². The molecule has 1 N–H and O–H groups in total. The van der Waals surface area contributed by atoms with Crippen molar-refractivity contribution in [1.82, 2.24) is 9.88 Å². The van der Waals surface area contributed by atoms with Crippen LogP contribution >= 0.6 is 0 Å². The van der Waals surface area contributed by atoms with E-state index in [0.29, 0.717) is 6.54 Å². The summed E-state index contributed by atoms with van der Waals surface area (Å²) in [5.74, 6) is 0. The Kier molecular flexibility index (Phi) is 7.60. The maximum atomic E-state index is 12.6. The van der Waals surface area contributed by atoms with Crippen molar-refractivity contribution in [1.29, 1.82) is 0 Å². The molecule has 0 aromatic carbocycles. The third-order valence-electron chi connectivity index (χ3n) is 3.82. The first kappa shape index (κ1) is 17.0. The fourth-order valence-corrected chi connectivity index (χ4v) is 2.50. The first-order valence-electron chi connectivity index (χ1n) is 8.02. The molecule has 20 heavy (non-hydrogen) atoms. The molecule has 1 aromatic heterocycles. The van der Waals surface area contributed by atoms with Crippen LogP contribution in [-0.2, 0) is 13.1 Å². The van der Waals surface area contributed by atoms with Gasteiger partial charge in [-0.2, -0.15) is 0 Å². The van der Waals surface area contributed by atoms with Crippen molar-refractivity contribution in [3.05, 3.63) is 33.2 Å². The molecule has 0 aliphatic heterocycles. The van der Waals surface area contributed by atoms with Gasteiger partial charge in [0.25, 0.3) is 5.56 Å². The minimum Gasteiger partial charge on any atom is -0.313 e. The number of aromatic nitrogens is 1. The number of hydrogen-bond acceptors (Lipinski definition) is 2. The third kappa shape index (κ3) is 4.78. The predicted octanol–water partition coefficient (Wildman–Crippen LogP) is 3.55. The van der Waals surface area contributed by atoms with Gasteiger partial charge in [0, 0.05) is 24.3 Å². The van der Waals surface area contributed by atoms with E-state index in [1.807, 2.05) is 18.4 Å². The molecular formula is C17H30N2O. The number of hydrogen-bond donors (Lipinski definition) is 1. The molecule has 1 heterocycles. The molecule has 0 amide bonds. The first-order chi connectivity index (χ1) is 9.61. The van der Waals surface area contributed by atoms with Gasteiger partial charge in [0.15, 0.2) is 0 Å². The number of unbranched alkanes of at least 4 members (excludes halogenated alkanes) is 3. The lowest BCUT2D eigenvalue weighted by Crippen LogP contribution is -2.30. The van der Waals surface area contributed by atoms with Crippen LogP contribution in [0.2, 0.25) is 0 Å². The quantitative estimate of drug-likeness (QED) is 0.701. The topological polar surface area (TPSA) is 34.0 Å². The lowest BCUT2D eigenvalue weighted by atomic mass is 10.1. The van der Waals surface area contributed by atoms with Crippen molar-refractivity contribution < 1.29 is 0 Å². The molecule has 0 bridgehead atoms. The van der Waals surface area contributed by atoms with Gasteiger partial charge in [-0.1, -0.05) is 33.1 Å². The highest BCUT2D eigenvalue weighted by Gasteiger charge is 2.09. The molecule has 114 valence electrons. The van der Waals surface area contributed by atoms with E-state index in [1.165, 1.54) is 19.3 Å². The molecule has 0 spiro atoms. The van der Waals surface area contributed by atoms with E-state index in [0.717, 1.165) is 42.8 Å². The van der Waals surface area contributed by atoms with E-state index in [2.05, 4.69) is 25.2 Å². The van der Waals surface area contributed by atoms with Gasteiger partial charge in [-0.25, -0.2) is 0 Å². The molecule has 0 radical (unpaired) electrons. The molecule has 3 heteroatoms. The normalized spacial score (nSPS) is 11.0. The molecule has 0 fully saturated rings. The molecule has 1 aromatic rings. The van der Waals surface area contributed by atoms with Gasteiger partial charge in [-0.15, -0.1) is 0 Å². The zero-order valence-corrected chi connectivity index (χ0v) is 13.6. The summed E-state index contributed by atoms with van der Waals surface area (Å²) in [5.41, 5.74) is 3.33. The number of pyridine rings is 1. The van der Waals surface area contributed by atoms with Crippen molar-refractivity contribution in [3.8, 4) is 0 Å². The zero-order valence-electron chi connectivity index (χ0n) is 13.6. The minimum absolute atomic E-state index is 0.197. The average Bonchev–Trinajstić information content (AvgIpc) is 2.41. The van der Waals surface area contributed by atoms with E-state index >= 15 is 0 Å². The molecule has 1 rings (SSSR count). The van der Waals surface area contributed by atoms with Crippen LogP contribution in [0.3, 0.4) is 0 Å². The second-order valence-corrected chi connectivity index (χ2v) is 5.64. The van der Waals surface area contributed by atoms with Gasteiger partial charge in [0.05, 0.1) is 0 Å². The van der Waals surface area contributed by atoms with Crippen LogP contribution in [0.25, 0.3) is 0 Å². The molecular weight excluding hydrogens is 248 g/mol. The summed E-state index contributed by atoms with van der Waals surface area (Å²) in [5, 5.41) is 3.38. The fourth-order valence-electron chi connectivity index (χ4n) is 2.50. The van der Waals surface area contributed by atoms with Crippen LogP contribution in [0.15, 0.2) is 10.9 Å². The van der Waals surface area contributed by atoms with Gasteiger partial charge in [-0.05, 0) is 44.9 Å². The molecule has 0 aliphatic carbocycles. The van der Waals surface area contributed by atoms with Crippen LogP contribution in [0.1, 0.15) is 62.8 Å². The Morgan fingerprint density at radius 2 is 1.80 bits per heavy atom. The van der Waals surface area contributed by atoms with Crippen molar-refractivity contribution in [2.24, 2.45) is 0 Å². The Hall–Kier alpha value is -1.09. The van der Waals surface area contributed by atoms with E-state index in [-0.39, 0.29) is 5.56 Å². The lowest BCUT2D eigenvalue weighted by molar-refractivity contribution is 0.564. The van der Waals surface area contributed by atoms with Crippen LogP contribution in [0, 0.1) is 13.8 Å². The van der Waals surface area contributed by atoms with Crippen LogP contribution in [0.4, 0.5) is 0 Å². The SMILES string of the molecule is CCCCCn1c(C)cc(C)c(CNCCCC)c1=O. The van der Waals surface area contributed by atoms with Gasteiger partial charge >= 0.3 is 0 Å². The number of nitrogens with zero attached hydrogens (tertiary/aromatic N) is 1. The largest absolute Gasteiger partial charge is 0.313 e. The Balaban J connectivity index is 2.83. The molecule has 0 saturated heterocycles. The molecule has 0 unspecified atom stereocenters. The number of aryl methyl sites for hydroxylation is 2. The van der Waals surface area contributed by atoms with Crippen LogP contribution in [0.5, 0.6) is 0 Å². The number of nitrogens with one attached hydrogen (secondary N) is 1. The Bertz CT molecular complexity index is 463. The Morgan fingerprint density at radius 3 is 2.45 bits per heavy atom. The summed E-state index contributed by atoms with van der Waals surface area (Å²) >= 11 is 0. The van der Waals surface area contributed by atoms with Crippen molar-refractivity contribution in [2.75, 3.05) is 6.54 Å². The number of rotatable bonds is 9. The summed E-state index contributed by atoms with van der Waals surface area (Å²) in [7, 11) is 0. The van der Waals surface area contributed by atoms with Gasteiger partial charge in [0.1, 0.15) is 0 Å². The first-order valence-corrected chi connectivity index (χ1v) is 8.02. The second kappa shape index (κ2) is 8.96. The molecule has 3 nitrogen and oxygen atoms in total.